The molecule has 0 bridgehead atoms. The van der Waals surface area contributed by atoms with Crippen molar-refractivity contribution in [2.75, 3.05) is 32.3 Å². The third kappa shape index (κ3) is 6.07. The Hall–Kier alpha value is -3.55. The second-order valence-corrected chi connectivity index (χ2v) is 8.63. The molecule has 1 fully saturated rings. The van der Waals surface area contributed by atoms with E-state index in [0.29, 0.717) is 36.1 Å². The minimum absolute atomic E-state index is 0.0929. The van der Waals surface area contributed by atoms with E-state index in [4.69, 9.17) is 14.2 Å². The van der Waals surface area contributed by atoms with E-state index in [1.54, 1.807) is 55.5 Å². The van der Waals surface area contributed by atoms with Gasteiger partial charge in [0.05, 0.1) is 26.2 Å². The van der Waals surface area contributed by atoms with Crippen LogP contribution < -0.4 is 19.7 Å². The number of anilines is 1. The minimum Gasteiger partial charge on any atom is -0.497 e. The van der Waals surface area contributed by atoms with Crippen molar-refractivity contribution < 1.29 is 28.6 Å². The van der Waals surface area contributed by atoms with Crippen LogP contribution in [0.3, 0.4) is 0 Å². The Bertz CT molecular complexity index is 987. The average Bonchev–Trinajstić information content (AvgIpc) is 2.86. The van der Waals surface area contributed by atoms with E-state index in [-0.39, 0.29) is 24.8 Å². The van der Waals surface area contributed by atoms with Gasteiger partial charge in [0.25, 0.3) is 5.91 Å². The zero-order valence-corrected chi connectivity index (χ0v) is 20.1. The van der Waals surface area contributed by atoms with Crippen LogP contribution in [0.4, 0.5) is 5.69 Å². The summed E-state index contributed by atoms with van der Waals surface area (Å²) < 4.78 is 15.9. The summed E-state index contributed by atoms with van der Waals surface area (Å²) in [7, 11) is 3.15. The van der Waals surface area contributed by atoms with Crippen LogP contribution in [0, 0.1) is 11.8 Å². The lowest BCUT2D eigenvalue weighted by molar-refractivity contribution is -0.154. The van der Waals surface area contributed by atoms with Gasteiger partial charge in [-0.2, -0.15) is 0 Å². The molecule has 34 heavy (non-hydrogen) atoms. The highest BCUT2D eigenvalue weighted by molar-refractivity contribution is 5.97. The van der Waals surface area contributed by atoms with Crippen LogP contribution in [0.5, 0.6) is 11.5 Å². The lowest BCUT2D eigenvalue weighted by Gasteiger charge is -2.40. The monoisotopic (exact) mass is 468 g/mol. The predicted octanol–water partition coefficient (Wildman–Crippen LogP) is 3.50. The van der Waals surface area contributed by atoms with Crippen molar-refractivity contribution in [3.8, 4) is 11.5 Å². The Morgan fingerprint density at radius 3 is 2.15 bits per heavy atom. The maximum absolute atomic E-state index is 13.1. The van der Waals surface area contributed by atoms with Gasteiger partial charge in [-0.25, -0.2) is 0 Å². The van der Waals surface area contributed by atoms with Crippen molar-refractivity contribution in [1.29, 1.82) is 0 Å². The Labute approximate surface area is 200 Å². The second-order valence-electron chi connectivity index (χ2n) is 8.63. The first-order valence-corrected chi connectivity index (χ1v) is 11.4. The number of amides is 2. The third-order valence-electron chi connectivity index (χ3n) is 5.76. The first-order valence-electron chi connectivity index (χ1n) is 11.4. The summed E-state index contributed by atoms with van der Waals surface area (Å²) in [6, 6.07) is 13.8. The van der Waals surface area contributed by atoms with E-state index in [0.717, 1.165) is 5.56 Å². The molecule has 1 heterocycles. The fourth-order valence-electron chi connectivity index (χ4n) is 3.98. The van der Waals surface area contributed by atoms with Crippen molar-refractivity contribution >= 4 is 23.5 Å². The number of hydrogen-bond acceptors (Lipinski definition) is 6. The lowest BCUT2D eigenvalue weighted by Crippen LogP contribution is -2.46. The van der Waals surface area contributed by atoms with Gasteiger partial charge in [0.15, 0.2) is 6.61 Å². The smallest absolute Gasteiger partial charge is 0.311 e. The minimum atomic E-state index is -0.633. The topological polar surface area (TPSA) is 94.2 Å². The van der Waals surface area contributed by atoms with E-state index in [2.05, 4.69) is 5.32 Å². The molecule has 0 spiro atoms. The zero-order valence-electron chi connectivity index (χ0n) is 20.1. The van der Waals surface area contributed by atoms with Crippen LogP contribution in [0.1, 0.15) is 38.3 Å². The summed E-state index contributed by atoms with van der Waals surface area (Å²) >= 11 is 0. The van der Waals surface area contributed by atoms with Crippen molar-refractivity contribution in [2.24, 2.45) is 11.8 Å². The standard InChI is InChI=1S/C26H32N2O6/c1-17(2)15-27-23(29)16-34-26(31)22-13-14-24(30)28(19-7-11-21(33-4)12-8-19)25(22)18-5-9-20(32-3)10-6-18/h5-12,17,22,25H,13-16H2,1-4H3,(H,27,29). The number of carbonyl (C=O) groups is 3. The fourth-order valence-corrected chi connectivity index (χ4v) is 3.98. The van der Waals surface area contributed by atoms with Crippen molar-refractivity contribution in [1.82, 2.24) is 5.32 Å². The van der Waals surface area contributed by atoms with Gasteiger partial charge in [-0.1, -0.05) is 26.0 Å². The molecular weight excluding hydrogens is 436 g/mol. The molecule has 2 aromatic carbocycles. The van der Waals surface area contributed by atoms with Crippen LogP contribution in [-0.4, -0.2) is 45.2 Å². The normalized spacial score (nSPS) is 17.9. The van der Waals surface area contributed by atoms with Crippen molar-refractivity contribution in [3.63, 3.8) is 0 Å². The van der Waals surface area contributed by atoms with Crippen LogP contribution in [-0.2, 0) is 19.1 Å². The van der Waals surface area contributed by atoms with Gasteiger partial charge < -0.3 is 24.4 Å². The van der Waals surface area contributed by atoms with Crippen molar-refractivity contribution in [2.45, 2.75) is 32.7 Å². The quantitative estimate of drug-likeness (QED) is 0.566. The average molecular weight is 469 g/mol. The molecule has 8 nitrogen and oxygen atoms in total. The molecule has 1 aliphatic heterocycles. The molecule has 1 saturated heterocycles. The van der Waals surface area contributed by atoms with E-state index in [1.165, 1.54) is 0 Å². The third-order valence-corrected chi connectivity index (χ3v) is 5.76. The van der Waals surface area contributed by atoms with Crippen LogP contribution >= 0.6 is 0 Å². The second kappa shape index (κ2) is 11.5. The van der Waals surface area contributed by atoms with Crippen LogP contribution in [0.25, 0.3) is 0 Å². The highest BCUT2D eigenvalue weighted by Gasteiger charge is 2.42. The Kier molecular flexibility index (Phi) is 8.51. The fraction of sp³-hybridized carbons (Fsp3) is 0.423. The molecular formula is C26H32N2O6. The number of piperidine rings is 1. The van der Waals surface area contributed by atoms with E-state index in [9.17, 15) is 14.4 Å². The SMILES string of the molecule is COc1ccc(C2C(C(=O)OCC(=O)NCC(C)C)CCC(=O)N2c2ccc(OC)cc2)cc1. The van der Waals surface area contributed by atoms with E-state index >= 15 is 0 Å². The zero-order chi connectivity index (χ0) is 24.7. The molecule has 0 saturated carbocycles. The van der Waals surface area contributed by atoms with Crippen LogP contribution in [0.15, 0.2) is 48.5 Å². The summed E-state index contributed by atoms with van der Waals surface area (Å²) in [5.41, 5.74) is 1.43. The number of ether oxygens (including phenoxy) is 3. The molecule has 1 N–H and O–H groups in total. The van der Waals surface area contributed by atoms with Gasteiger partial charge in [-0.3, -0.25) is 14.4 Å². The molecule has 2 unspecified atom stereocenters. The highest BCUT2D eigenvalue weighted by atomic mass is 16.5. The molecule has 182 valence electrons. The Balaban J connectivity index is 1.89. The van der Waals surface area contributed by atoms with Crippen molar-refractivity contribution in [3.05, 3.63) is 54.1 Å². The molecule has 0 aliphatic carbocycles. The maximum Gasteiger partial charge on any atom is 0.311 e. The Morgan fingerprint density at radius 1 is 1.00 bits per heavy atom. The maximum atomic E-state index is 13.1. The number of nitrogens with zero attached hydrogens (tertiary/aromatic N) is 1. The summed E-state index contributed by atoms with van der Waals surface area (Å²) in [5.74, 6) is 0.0474. The number of esters is 1. The Morgan fingerprint density at radius 2 is 1.59 bits per heavy atom. The first kappa shape index (κ1) is 25.1. The summed E-state index contributed by atoms with van der Waals surface area (Å²) in [5, 5.41) is 2.74. The van der Waals surface area contributed by atoms with Gasteiger partial charge in [0.1, 0.15) is 11.5 Å². The number of hydrogen-bond donors (Lipinski definition) is 1. The number of benzene rings is 2. The molecule has 2 amide bonds. The molecule has 3 rings (SSSR count). The highest BCUT2D eigenvalue weighted by Crippen LogP contribution is 2.41. The van der Waals surface area contributed by atoms with Gasteiger partial charge in [-0.15, -0.1) is 0 Å². The summed E-state index contributed by atoms with van der Waals surface area (Å²) in [4.78, 5) is 40.0. The van der Waals surface area contributed by atoms with E-state index in [1.807, 2.05) is 26.0 Å². The number of carbonyl (C=O) groups excluding carboxylic acids is 3. The van der Waals surface area contributed by atoms with E-state index < -0.39 is 17.9 Å². The molecule has 0 radical (unpaired) electrons. The van der Waals surface area contributed by atoms with Gasteiger partial charge in [-0.05, 0) is 54.3 Å². The van der Waals surface area contributed by atoms with Gasteiger partial charge in [0, 0.05) is 18.7 Å². The predicted molar refractivity (Wildman–Crippen MR) is 128 cm³/mol. The lowest BCUT2D eigenvalue weighted by atomic mass is 9.83. The summed E-state index contributed by atoms with van der Waals surface area (Å²) in [6.07, 6.45) is 0.520. The molecule has 2 aromatic rings. The molecule has 0 aromatic heterocycles. The number of rotatable bonds is 9. The number of nitrogens with one attached hydrogen (secondary N) is 1. The number of methoxy groups -OCH3 is 2. The molecule has 2 atom stereocenters. The summed E-state index contributed by atoms with van der Waals surface area (Å²) in [6.45, 7) is 4.12. The van der Waals surface area contributed by atoms with Crippen LogP contribution in [0.2, 0.25) is 0 Å². The largest absolute Gasteiger partial charge is 0.497 e. The van der Waals surface area contributed by atoms with Gasteiger partial charge in [0.2, 0.25) is 5.91 Å². The molecule has 8 heteroatoms. The molecule has 1 aliphatic rings. The van der Waals surface area contributed by atoms with Gasteiger partial charge >= 0.3 is 5.97 Å². The first-order chi connectivity index (χ1) is 16.3.